The van der Waals surface area contributed by atoms with Gasteiger partial charge in [0.05, 0.1) is 0 Å². The summed E-state index contributed by atoms with van der Waals surface area (Å²) in [6.45, 7) is 4.09. The standard InChI is InChI=1S/C12H22O2/c1-3-5-10-6-8-11(9-7-10)14-12(13)4-2/h10-11H,3-9H2,1-2H3. The second-order valence-electron chi connectivity index (χ2n) is 4.27. The van der Waals surface area contributed by atoms with Crippen molar-refractivity contribution in [3.05, 3.63) is 0 Å². The molecule has 1 aliphatic rings. The molecule has 0 spiro atoms. The quantitative estimate of drug-likeness (QED) is 0.648. The van der Waals surface area contributed by atoms with Gasteiger partial charge in [0.25, 0.3) is 0 Å². The number of carbonyl (C=O) groups excluding carboxylic acids is 1. The predicted octanol–water partition coefficient (Wildman–Crippen LogP) is 3.30. The minimum atomic E-state index is -0.0380. The Hall–Kier alpha value is -0.530. The van der Waals surface area contributed by atoms with Crippen molar-refractivity contribution < 1.29 is 9.53 Å². The van der Waals surface area contributed by atoms with Crippen molar-refractivity contribution in [2.45, 2.75) is 64.9 Å². The van der Waals surface area contributed by atoms with Crippen molar-refractivity contribution >= 4 is 5.97 Å². The normalized spacial score (nSPS) is 27.3. The summed E-state index contributed by atoms with van der Waals surface area (Å²) in [5.74, 6) is 0.848. The number of hydrogen-bond acceptors (Lipinski definition) is 2. The highest BCUT2D eigenvalue weighted by atomic mass is 16.5. The van der Waals surface area contributed by atoms with Gasteiger partial charge in [-0.1, -0.05) is 26.7 Å². The molecule has 0 unspecified atom stereocenters. The van der Waals surface area contributed by atoms with E-state index < -0.39 is 0 Å². The number of ether oxygens (including phenoxy) is 1. The molecule has 0 aromatic carbocycles. The Morgan fingerprint density at radius 3 is 2.36 bits per heavy atom. The molecular weight excluding hydrogens is 176 g/mol. The molecule has 0 saturated heterocycles. The fourth-order valence-corrected chi connectivity index (χ4v) is 2.22. The summed E-state index contributed by atoms with van der Waals surface area (Å²) in [6, 6.07) is 0. The van der Waals surface area contributed by atoms with Gasteiger partial charge in [-0.3, -0.25) is 4.79 Å². The highest BCUT2D eigenvalue weighted by Gasteiger charge is 2.22. The van der Waals surface area contributed by atoms with Crippen molar-refractivity contribution in [3.63, 3.8) is 0 Å². The van der Waals surface area contributed by atoms with Crippen LogP contribution in [0.25, 0.3) is 0 Å². The zero-order valence-corrected chi connectivity index (χ0v) is 9.42. The van der Waals surface area contributed by atoms with Crippen molar-refractivity contribution in [2.24, 2.45) is 5.92 Å². The topological polar surface area (TPSA) is 26.3 Å². The van der Waals surface area contributed by atoms with E-state index in [0.717, 1.165) is 18.8 Å². The first-order chi connectivity index (χ1) is 6.76. The third-order valence-corrected chi connectivity index (χ3v) is 3.08. The van der Waals surface area contributed by atoms with Crippen LogP contribution in [0.15, 0.2) is 0 Å². The molecular formula is C12H22O2. The molecule has 0 aromatic rings. The van der Waals surface area contributed by atoms with Crippen LogP contribution in [0, 0.1) is 5.92 Å². The molecule has 0 radical (unpaired) electrons. The number of carbonyl (C=O) groups is 1. The van der Waals surface area contributed by atoms with Gasteiger partial charge in [0, 0.05) is 6.42 Å². The van der Waals surface area contributed by atoms with E-state index in [1.54, 1.807) is 0 Å². The van der Waals surface area contributed by atoms with Gasteiger partial charge in [-0.25, -0.2) is 0 Å². The van der Waals surface area contributed by atoms with Crippen LogP contribution in [0.3, 0.4) is 0 Å². The summed E-state index contributed by atoms with van der Waals surface area (Å²) in [4.78, 5) is 11.1. The van der Waals surface area contributed by atoms with E-state index in [-0.39, 0.29) is 12.1 Å². The maximum Gasteiger partial charge on any atom is 0.305 e. The van der Waals surface area contributed by atoms with Crippen LogP contribution in [-0.2, 0) is 9.53 Å². The molecule has 1 fully saturated rings. The van der Waals surface area contributed by atoms with Gasteiger partial charge in [0.2, 0.25) is 0 Å². The zero-order chi connectivity index (χ0) is 10.4. The summed E-state index contributed by atoms with van der Waals surface area (Å²) >= 11 is 0. The average molecular weight is 198 g/mol. The number of esters is 1. The molecule has 1 aliphatic carbocycles. The van der Waals surface area contributed by atoms with Gasteiger partial charge in [0.1, 0.15) is 6.10 Å². The molecule has 82 valence electrons. The van der Waals surface area contributed by atoms with Gasteiger partial charge in [-0.2, -0.15) is 0 Å². The Morgan fingerprint density at radius 1 is 1.21 bits per heavy atom. The van der Waals surface area contributed by atoms with Crippen LogP contribution in [0.4, 0.5) is 0 Å². The second kappa shape index (κ2) is 6.05. The van der Waals surface area contributed by atoms with Gasteiger partial charge in [-0.05, 0) is 31.6 Å². The van der Waals surface area contributed by atoms with Gasteiger partial charge in [-0.15, -0.1) is 0 Å². The molecule has 0 N–H and O–H groups in total. The van der Waals surface area contributed by atoms with Gasteiger partial charge >= 0.3 is 5.97 Å². The van der Waals surface area contributed by atoms with Crippen LogP contribution >= 0.6 is 0 Å². The first-order valence-electron chi connectivity index (χ1n) is 5.95. The maximum atomic E-state index is 11.1. The highest BCUT2D eigenvalue weighted by molar-refractivity contribution is 5.69. The zero-order valence-electron chi connectivity index (χ0n) is 9.42. The molecule has 1 saturated carbocycles. The summed E-state index contributed by atoms with van der Waals surface area (Å²) in [5.41, 5.74) is 0. The van der Waals surface area contributed by atoms with Gasteiger partial charge in [0.15, 0.2) is 0 Å². The first kappa shape index (κ1) is 11.5. The lowest BCUT2D eigenvalue weighted by molar-refractivity contribution is -0.150. The Labute approximate surface area is 87.0 Å². The predicted molar refractivity (Wildman–Crippen MR) is 57.0 cm³/mol. The molecule has 0 aliphatic heterocycles. The molecule has 2 nitrogen and oxygen atoms in total. The minimum absolute atomic E-state index is 0.0380. The fourth-order valence-electron chi connectivity index (χ4n) is 2.22. The van der Waals surface area contributed by atoms with Crippen LogP contribution in [0.1, 0.15) is 58.8 Å². The average Bonchev–Trinajstić information content (AvgIpc) is 2.21. The van der Waals surface area contributed by atoms with Crippen LogP contribution in [0.5, 0.6) is 0 Å². The summed E-state index contributed by atoms with van der Waals surface area (Å²) in [5, 5.41) is 0. The minimum Gasteiger partial charge on any atom is -0.462 e. The monoisotopic (exact) mass is 198 g/mol. The van der Waals surface area contributed by atoms with Crippen molar-refractivity contribution in [2.75, 3.05) is 0 Å². The smallest absolute Gasteiger partial charge is 0.305 e. The van der Waals surface area contributed by atoms with Crippen molar-refractivity contribution in [1.82, 2.24) is 0 Å². The number of hydrogen-bond donors (Lipinski definition) is 0. The summed E-state index contributed by atoms with van der Waals surface area (Å²) in [6.07, 6.45) is 8.00. The Balaban J connectivity index is 2.18. The first-order valence-corrected chi connectivity index (χ1v) is 5.95. The van der Waals surface area contributed by atoms with E-state index in [1.807, 2.05) is 6.92 Å². The van der Waals surface area contributed by atoms with E-state index >= 15 is 0 Å². The molecule has 0 bridgehead atoms. The molecule has 14 heavy (non-hydrogen) atoms. The van der Waals surface area contributed by atoms with E-state index in [9.17, 15) is 4.79 Å². The van der Waals surface area contributed by atoms with E-state index in [2.05, 4.69) is 6.92 Å². The molecule has 2 heteroatoms. The lowest BCUT2D eigenvalue weighted by Crippen LogP contribution is -2.24. The molecule has 0 atom stereocenters. The third kappa shape index (κ3) is 3.69. The summed E-state index contributed by atoms with van der Waals surface area (Å²) in [7, 11) is 0. The van der Waals surface area contributed by atoms with E-state index in [4.69, 9.17) is 4.74 Å². The van der Waals surface area contributed by atoms with Crippen LogP contribution < -0.4 is 0 Å². The molecule has 0 heterocycles. The molecule has 1 rings (SSSR count). The van der Waals surface area contributed by atoms with E-state index in [1.165, 1.54) is 25.7 Å². The van der Waals surface area contributed by atoms with Crippen molar-refractivity contribution in [1.29, 1.82) is 0 Å². The van der Waals surface area contributed by atoms with Crippen LogP contribution in [-0.4, -0.2) is 12.1 Å². The second-order valence-corrected chi connectivity index (χ2v) is 4.27. The lowest BCUT2D eigenvalue weighted by Gasteiger charge is -2.27. The molecule has 0 aromatic heterocycles. The molecule has 0 amide bonds. The van der Waals surface area contributed by atoms with E-state index in [0.29, 0.717) is 6.42 Å². The highest BCUT2D eigenvalue weighted by Crippen LogP contribution is 2.29. The summed E-state index contributed by atoms with van der Waals surface area (Å²) < 4.78 is 5.33. The maximum absolute atomic E-state index is 11.1. The Bertz CT molecular complexity index is 169. The van der Waals surface area contributed by atoms with Crippen molar-refractivity contribution in [3.8, 4) is 0 Å². The number of rotatable bonds is 4. The fraction of sp³-hybridized carbons (Fsp3) is 0.917. The van der Waals surface area contributed by atoms with Crippen LogP contribution in [0.2, 0.25) is 0 Å². The Kier molecular flexibility index (Phi) is 4.99. The van der Waals surface area contributed by atoms with Gasteiger partial charge < -0.3 is 4.74 Å². The SMILES string of the molecule is CCCC1CCC(OC(=O)CC)CC1. The third-order valence-electron chi connectivity index (χ3n) is 3.08. The Morgan fingerprint density at radius 2 is 1.86 bits per heavy atom. The lowest BCUT2D eigenvalue weighted by atomic mass is 9.85. The largest absolute Gasteiger partial charge is 0.462 e.